The summed E-state index contributed by atoms with van der Waals surface area (Å²) in [5.41, 5.74) is 2.25. The maximum Gasteiger partial charge on any atom is 0.145 e. The Balaban J connectivity index is 1.45. The molecule has 128 valence electrons. The number of nitrogens with one attached hydrogen (secondary N) is 1. The van der Waals surface area contributed by atoms with E-state index in [4.69, 9.17) is 16.3 Å². The molecule has 0 spiro atoms. The Bertz CT molecular complexity index is 887. The molecule has 1 aromatic carbocycles. The number of aromatic nitrogens is 2. The second kappa shape index (κ2) is 6.90. The van der Waals surface area contributed by atoms with Crippen LogP contribution in [0.5, 0.6) is 5.75 Å². The smallest absolute Gasteiger partial charge is 0.145 e. The van der Waals surface area contributed by atoms with E-state index >= 15 is 0 Å². The third-order valence-corrected chi connectivity index (χ3v) is 5.68. The van der Waals surface area contributed by atoms with Crippen molar-refractivity contribution in [3.8, 4) is 5.75 Å². The number of methoxy groups -OCH3 is 1. The van der Waals surface area contributed by atoms with E-state index in [0.717, 1.165) is 40.8 Å². The van der Waals surface area contributed by atoms with E-state index in [2.05, 4.69) is 32.6 Å². The van der Waals surface area contributed by atoms with Gasteiger partial charge >= 0.3 is 0 Å². The van der Waals surface area contributed by atoms with Gasteiger partial charge in [-0.25, -0.2) is 0 Å². The van der Waals surface area contributed by atoms with Crippen molar-refractivity contribution in [1.29, 1.82) is 0 Å². The molecule has 0 fully saturated rings. The van der Waals surface area contributed by atoms with Gasteiger partial charge in [0.1, 0.15) is 21.6 Å². The van der Waals surface area contributed by atoms with Gasteiger partial charge in [0, 0.05) is 24.4 Å². The van der Waals surface area contributed by atoms with Crippen LogP contribution in [0.25, 0.3) is 5.57 Å². The molecule has 4 rings (SSSR count). The van der Waals surface area contributed by atoms with Crippen LogP contribution in [0.3, 0.4) is 0 Å². The molecule has 0 saturated carbocycles. The fourth-order valence-corrected chi connectivity index (χ4v) is 4.00. The minimum Gasteiger partial charge on any atom is -0.495 e. The molecule has 2 aliphatic rings. The van der Waals surface area contributed by atoms with Crippen LogP contribution in [-0.4, -0.2) is 28.8 Å². The predicted octanol–water partition coefficient (Wildman–Crippen LogP) is 3.60. The molecule has 0 unspecified atom stereocenters. The minimum absolute atomic E-state index is 0.677. The third kappa shape index (κ3) is 3.27. The van der Waals surface area contributed by atoms with Crippen molar-refractivity contribution in [2.45, 2.75) is 12.8 Å². The van der Waals surface area contributed by atoms with Gasteiger partial charge in [-0.3, -0.25) is 0 Å². The Hall–Kier alpha value is -2.31. The number of nitrogens with zero attached hydrogens (tertiary/aromatic N) is 3. The Morgan fingerprint density at radius 2 is 2.20 bits per heavy atom. The number of hydrogen-bond donors (Lipinski definition) is 1. The van der Waals surface area contributed by atoms with Crippen molar-refractivity contribution in [2.24, 2.45) is 0 Å². The van der Waals surface area contributed by atoms with Crippen molar-refractivity contribution in [1.82, 2.24) is 20.4 Å². The summed E-state index contributed by atoms with van der Waals surface area (Å²) in [5, 5.41) is 14.6. The standard InChI is InChI=1S/C18H17ClN4OS/c1-24-14-4-2-3-12(17(14)19)6-8-16-21-22-18(25-16)13-5-7-15-20-9-10-23(15)11-13/h2-5,7,9-10,20H,6,8,11H2,1H3. The van der Waals surface area contributed by atoms with Gasteiger partial charge in [-0.05, 0) is 24.1 Å². The molecule has 0 radical (unpaired) electrons. The molecule has 0 aliphatic carbocycles. The largest absolute Gasteiger partial charge is 0.495 e. The van der Waals surface area contributed by atoms with Crippen LogP contribution in [0.2, 0.25) is 5.02 Å². The topological polar surface area (TPSA) is 50.3 Å². The summed E-state index contributed by atoms with van der Waals surface area (Å²) in [6.45, 7) is 0.811. The zero-order chi connectivity index (χ0) is 17.2. The summed E-state index contributed by atoms with van der Waals surface area (Å²) in [7, 11) is 1.63. The van der Waals surface area contributed by atoms with Gasteiger partial charge in [0.05, 0.1) is 18.7 Å². The van der Waals surface area contributed by atoms with Gasteiger partial charge < -0.3 is 15.0 Å². The number of rotatable bonds is 5. The van der Waals surface area contributed by atoms with Crippen LogP contribution in [-0.2, 0) is 12.8 Å². The molecule has 5 nitrogen and oxygen atoms in total. The lowest BCUT2D eigenvalue weighted by molar-refractivity contribution is 0.414. The molecule has 0 saturated heterocycles. The van der Waals surface area contributed by atoms with Gasteiger partial charge in [-0.15, -0.1) is 10.2 Å². The van der Waals surface area contributed by atoms with Gasteiger partial charge in [0.2, 0.25) is 0 Å². The number of ether oxygens (including phenoxy) is 1. The van der Waals surface area contributed by atoms with E-state index in [9.17, 15) is 0 Å². The fraction of sp³-hybridized carbons (Fsp3) is 0.222. The summed E-state index contributed by atoms with van der Waals surface area (Å²) in [4.78, 5) is 2.16. The molecule has 2 aliphatic heterocycles. The van der Waals surface area contributed by atoms with Gasteiger partial charge in [0.25, 0.3) is 0 Å². The number of aryl methyl sites for hydroxylation is 2. The first-order chi connectivity index (χ1) is 12.2. The average molecular weight is 373 g/mol. The van der Waals surface area contributed by atoms with Crippen molar-refractivity contribution >= 4 is 28.5 Å². The van der Waals surface area contributed by atoms with Crippen molar-refractivity contribution in [3.05, 3.63) is 69.2 Å². The van der Waals surface area contributed by atoms with Gasteiger partial charge in [-0.2, -0.15) is 0 Å². The summed E-state index contributed by atoms with van der Waals surface area (Å²) in [6, 6.07) is 5.85. The molecule has 0 bridgehead atoms. The normalized spacial score (nSPS) is 15.5. The number of allylic oxidation sites excluding steroid dienone is 2. The molecule has 2 aromatic rings. The average Bonchev–Trinajstić information content (AvgIpc) is 3.29. The zero-order valence-corrected chi connectivity index (χ0v) is 15.3. The van der Waals surface area contributed by atoms with Gasteiger partial charge in [0.15, 0.2) is 0 Å². The van der Waals surface area contributed by atoms with E-state index in [0.29, 0.717) is 10.8 Å². The fourth-order valence-electron chi connectivity index (χ4n) is 2.85. The zero-order valence-electron chi connectivity index (χ0n) is 13.7. The van der Waals surface area contributed by atoms with E-state index in [1.54, 1.807) is 18.4 Å². The van der Waals surface area contributed by atoms with Crippen LogP contribution in [0.15, 0.2) is 48.6 Å². The molecule has 0 amide bonds. The SMILES string of the molecule is COc1cccc(CCc2nnc(C3=CC=C4NC=CN4C3)s2)c1Cl. The van der Waals surface area contributed by atoms with Crippen molar-refractivity contribution in [3.63, 3.8) is 0 Å². The van der Waals surface area contributed by atoms with Crippen molar-refractivity contribution in [2.75, 3.05) is 13.7 Å². The lowest BCUT2D eigenvalue weighted by Gasteiger charge is -2.21. The third-order valence-electron chi connectivity index (χ3n) is 4.19. The molecule has 1 aromatic heterocycles. The Morgan fingerprint density at radius 3 is 3.08 bits per heavy atom. The van der Waals surface area contributed by atoms with E-state index in [1.165, 1.54) is 5.57 Å². The highest BCUT2D eigenvalue weighted by Crippen LogP contribution is 2.30. The lowest BCUT2D eigenvalue weighted by Crippen LogP contribution is -2.22. The molecular formula is C18H17ClN4OS. The first-order valence-electron chi connectivity index (χ1n) is 7.99. The predicted molar refractivity (Wildman–Crippen MR) is 100 cm³/mol. The van der Waals surface area contributed by atoms with E-state index in [1.807, 2.05) is 30.6 Å². The minimum atomic E-state index is 0.677. The van der Waals surface area contributed by atoms with Crippen LogP contribution in [0.4, 0.5) is 0 Å². The van der Waals surface area contributed by atoms with Crippen LogP contribution < -0.4 is 10.1 Å². The Morgan fingerprint density at radius 1 is 1.28 bits per heavy atom. The highest BCUT2D eigenvalue weighted by atomic mass is 35.5. The molecule has 0 atom stereocenters. The van der Waals surface area contributed by atoms with Crippen LogP contribution >= 0.6 is 22.9 Å². The first-order valence-corrected chi connectivity index (χ1v) is 9.19. The van der Waals surface area contributed by atoms with Crippen molar-refractivity contribution < 1.29 is 4.74 Å². The number of fused-ring (bicyclic) bond motifs is 1. The highest BCUT2D eigenvalue weighted by Gasteiger charge is 2.19. The number of halogens is 1. The van der Waals surface area contributed by atoms with Gasteiger partial charge in [-0.1, -0.05) is 41.1 Å². The number of benzene rings is 1. The molecule has 1 N–H and O–H groups in total. The lowest BCUT2D eigenvalue weighted by atomic mass is 10.1. The number of hydrogen-bond acceptors (Lipinski definition) is 6. The summed E-state index contributed by atoms with van der Waals surface area (Å²) >= 11 is 8.01. The summed E-state index contributed by atoms with van der Waals surface area (Å²) in [5.74, 6) is 1.81. The summed E-state index contributed by atoms with van der Waals surface area (Å²) < 4.78 is 5.27. The van der Waals surface area contributed by atoms with Crippen LogP contribution in [0.1, 0.15) is 15.6 Å². The molecule has 3 heterocycles. The highest BCUT2D eigenvalue weighted by molar-refractivity contribution is 7.12. The van der Waals surface area contributed by atoms with E-state index < -0.39 is 0 Å². The first kappa shape index (κ1) is 16.2. The quantitative estimate of drug-likeness (QED) is 0.869. The molecular weight excluding hydrogens is 356 g/mol. The molecule has 25 heavy (non-hydrogen) atoms. The second-order valence-electron chi connectivity index (χ2n) is 5.77. The second-order valence-corrected chi connectivity index (χ2v) is 7.21. The van der Waals surface area contributed by atoms with Crippen LogP contribution in [0, 0.1) is 0 Å². The summed E-state index contributed by atoms with van der Waals surface area (Å²) in [6.07, 6.45) is 9.76. The Labute approximate surface area is 155 Å². The molecule has 7 heteroatoms. The monoisotopic (exact) mass is 372 g/mol. The Kier molecular flexibility index (Phi) is 4.46. The maximum atomic E-state index is 6.36. The maximum absolute atomic E-state index is 6.36. The van der Waals surface area contributed by atoms with E-state index in [-0.39, 0.29) is 0 Å².